The first kappa shape index (κ1) is 16.1. The average Bonchev–Trinajstić information content (AvgIpc) is 2.52. The van der Waals surface area contributed by atoms with E-state index in [1.54, 1.807) is 12.0 Å². The van der Waals surface area contributed by atoms with Crippen LogP contribution in [0.5, 0.6) is 0 Å². The van der Waals surface area contributed by atoms with Gasteiger partial charge in [-0.1, -0.05) is 12.8 Å². The molecule has 1 saturated heterocycles. The number of rotatable bonds is 4. The molecule has 0 bridgehead atoms. The monoisotopic (exact) mass is 298 g/mol. The highest BCUT2D eigenvalue weighted by molar-refractivity contribution is 5.74. The number of carbonyl (C=O) groups is 2. The molecule has 6 nitrogen and oxygen atoms in total. The fourth-order valence-corrected chi connectivity index (χ4v) is 3.40. The quantitative estimate of drug-likeness (QED) is 0.828. The molecule has 120 valence electrons. The Morgan fingerprint density at radius 3 is 2.48 bits per heavy atom. The molecule has 1 aliphatic heterocycles. The number of piperidine rings is 1. The predicted molar refractivity (Wildman–Crippen MR) is 78.1 cm³/mol. The third kappa shape index (κ3) is 4.33. The predicted octanol–water partition coefficient (Wildman–Crippen LogP) is 1.70. The molecule has 0 aromatic heterocycles. The van der Waals surface area contributed by atoms with Gasteiger partial charge in [0.15, 0.2) is 0 Å². The molecule has 2 fully saturated rings. The van der Waals surface area contributed by atoms with Crippen LogP contribution in [0.1, 0.15) is 38.5 Å². The Bertz CT molecular complexity index is 367. The van der Waals surface area contributed by atoms with Gasteiger partial charge < -0.3 is 20.1 Å². The summed E-state index contributed by atoms with van der Waals surface area (Å²) in [6.45, 7) is 1.88. The van der Waals surface area contributed by atoms with E-state index in [1.165, 1.54) is 0 Å². The molecule has 2 amide bonds. The highest BCUT2D eigenvalue weighted by Crippen LogP contribution is 2.29. The smallest absolute Gasteiger partial charge is 0.317 e. The van der Waals surface area contributed by atoms with Crippen molar-refractivity contribution >= 4 is 12.0 Å². The van der Waals surface area contributed by atoms with Crippen LogP contribution in [0.4, 0.5) is 4.79 Å². The molecular formula is C15H26N2O4. The second-order valence-electron chi connectivity index (χ2n) is 6.10. The summed E-state index contributed by atoms with van der Waals surface area (Å²) < 4.78 is 5.29. The van der Waals surface area contributed by atoms with E-state index in [0.29, 0.717) is 19.6 Å². The van der Waals surface area contributed by atoms with Gasteiger partial charge in [-0.05, 0) is 31.6 Å². The van der Waals surface area contributed by atoms with Crippen molar-refractivity contribution in [3.8, 4) is 0 Å². The van der Waals surface area contributed by atoms with Gasteiger partial charge in [0.05, 0.1) is 12.0 Å². The van der Waals surface area contributed by atoms with Crippen molar-refractivity contribution in [2.75, 3.05) is 26.7 Å². The minimum Gasteiger partial charge on any atom is -0.481 e. The molecule has 0 radical (unpaired) electrons. The van der Waals surface area contributed by atoms with Gasteiger partial charge in [0.25, 0.3) is 0 Å². The van der Waals surface area contributed by atoms with E-state index in [4.69, 9.17) is 4.74 Å². The van der Waals surface area contributed by atoms with Crippen LogP contribution < -0.4 is 5.32 Å². The first-order chi connectivity index (χ1) is 10.1. The summed E-state index contributed by atoms with van der Waals surface area (Å²) in [6.07, 6.45) is 5.65. The minimum atomic E-state index is -0.727. The number of aliphatic carboxylic acids is 1. The summed E-state index contributed by atoms with van der Waals surface area (Å²) >= 11 is 0. The number of methoxy groups -OCH3 is 1. The van der Waals surface area contributed by atoms with Crippen LogP contribution in [0.15, 0.2) is 0 Å². The number of hydrogen-bond acceptors (Lipinski definition) is 3. The number of ether oxygens (including phenoxy) is 1. The molecule has 21 heavy (non-hydrogen) atoms. The van der Waals surface area contributed by atoms with Crippen molar-refractivity contribution in [1.82, 2.24) is 10.2 Å². The summed E-state index contributed by atoms with van der Waals surface area (Å²) in [5.74, 6) is -0.968. The summed E-state index contributed by atoms with van der Waals surface area (Å²) in [5, 5.41) is 12.2. The average molecular weight is 298 g/mol. The molecule has 0 aromatic rings. The Kier molecular flexibility index (Phi) is 5.85. The van der Waals surface area contributed by atoms with Gasteiger partial charge in [0, 0.05) is 26.7 Å². The molecule has 0 spiro atoms. The second-order valence-corrected chi connectivity index (χ2v) is 6.10. The number of likely N-dealkylation sites (tertiary alicyclic amines) is 1. The van der Waals surface area contributed by atoms with Gasteiger partial charge in [-0.15, -0.1) is 0 Å². The van der Waals surface area contributed by atoms with Crippen LogP contribution in [0.2, 0.25) is 0 Å². The Morgan fingerprint density at radius 1 is 1.19 bits per heavy atom. The standard InChI is InChI=1S/C15H26N2O4/c1-21-12-6-8-17(9-7-12)15(20)16-10-11-4-2-3-5-13(11)14(18)19/h11-13H,2-10H2,1H3,(H,16,20)(H,18,19). The number of nitrogens with zero attached hydrogens (tertiary/aromatic N) is 1. The molecule has 1 heterocycles. The zero-order valence-corrected chi connectivity index (χ0v) is 12.7. The molecule has 2 atom stereocenters. The van der Waals surface area contributed by atoms with Gasteiger partial charge in [0.2, 0.25) is 0 Å². The first-order valence-corrected chi connectivity index (χ1v) is 7.90. The third-order valence-corrected chi connectivity index (χ3v) is 4.80. The van der Waals surface area contributed by atoms with E-state index >= 15 is 0 Å². The lowest BCUT2D eigenvalue weighted by Crippen LogP contribution is -2.47. The summed E-state index contributed by atoms with van der Waals surface area (Å²) in [6, 6.07) is -0.0701. The maximum atomic E-state index is 12.1. The van der Waals surface area contributed by atoms with Crippen molar-refractivity contribution < 1.29 is 19.4 Å². The summed E-state index contributed by atoms with van der Waals surface area (Å²) in [7, 11) is 1.70. The van der Waals surface area contributed by atoms with E-state index in [2.05, 4.69) is 5.32 Å². The molecule has 2 unspecified atom stereocenters. The van der Waals surface area contributed by atoms with Crippen LogP contribution in [-0.4, -0.2) is 54.9 Å². The van der Waals surface area contributed by atoms with E-state index in [-0.39, 0.29) is 24.0 Å². The topological polar surface area (TPSA) is 78.9 Å². The van der Waals surface area contributed by atoms with Gasteiger partial charge in [-0.3, -0.25) is 4.79 Å². The fraction of sp³-hybridized carbons (Fsp3) is 0.867. The Labute approximate surface area is 125 Å². The summed E-state index contributed by atoms with van der Waals surface area (Å²) in [4.78, 5) is 25.2. The van der Waals surface area contributed by atoms with Gasteiger partial charge in [-0.25, -0.2) is 4.79 Å². The number of carboxylic acids is 1. The number of nitrogens with one attached hydrogen (secondary N) is 1. The van der Waals surface area contributed by atoms with E-state index < -0.39 is 5.97 Å². The lowest BCUT2D eigenvalue weighted by molar-refractivity contribution is -0.144. The SMILES string of the molecule is COC1CCN(C(=O)NCC2CCCCC2C(=O)O)CC1. The van der Waals surface area contributed by atoms with Crippen molar-refractivity contribution in [3.05, 3.63) is 0 Å². The fourth-order valence-electron chi connectivity index (χ4n) is 3.40. The Morgan fingerprint density at radius 2 is 1.86 bits per heavy atom. The van der Waals surface area contributed by atoms with Crippen molar-refractivity contribution in [2.45, 2.75) is 44.6 Å². The molecular weight excluding hydrogens is 272 g/mol. The molecule has 2 aliphatic rings. The lowest BCUT2D eigenvalue weighted by atomic mass is 9.79. The molecule has 6 heteroatoms. The zero-order valence-electron chi connectivity index (χ0n) is 12.7. The van der Waals surface area contributed by atoms with Gasteiger partial charge in [-0.2, -0.15) is 0 Å². The van der Waals surface area contributed by atoms with E-state index in [1.807, 2.05) is 0 Å². The van der Waals surface area contributed by atoms with Crippen LogP contribution in [-0.2, 0) is 9.53 Å². The molecule has 2 rings (SSSR count). The highest BCUT2D eigenvalue weighted by Gasteiger charge is 2.31. The molecule has 0 aromatic carbocycles. The van der Waals surface area contributed by atoms with Crippen molar-refractivity contribution in [1.29, 1.82) is 0 Å². The Balaban J connectivity index is 1.76. The van der Waals surface area contributed by atoms with Gasteiger partial charge >= 0.3 is 12.0 Å². The number of urea groups is 1. The first-order valence-electron chi connectivity index (χ1n) is 7.90. The van der Waals surface area contributed by atoms with Crippen LogP contribution in [0.3, 0.4) is 0 Å². The number of hydrogen-bond donors (Lipinski definition) is 2. The van der Waals surface area contributed by atoms with Crippen LogP contribution in [0.25, 0.3) is 0 Å². The zero-order chi connectivity index (χ0) is 15.2. The van der Waals surface area contributed by atoms with E-state index in [0.717, 1.165) is 38.5 Å². The maximum Gasteiger partial charge on any atom is 0.317 e. The number of carbonyl (C=O) groups excluding carboxylic acids is 1. The Hall–Kier alpha value is -1.30. The molecule has 1 aliphatic carbocycles. The maximum absolute atomic E-state index is 12.1. The van der Waals surface area contributed by atoms with Crippen molar-refractivity contribution in [3.63, 3.8) is 0 Å². The van der Waals surface area contributed by atoms with E-state index in [9.17, 15) is 14.7 Å². The molecule has 1 saturated carbocycles. The minimum absolute atomic E-state index is 0.0664. The van der Waals surface area contributed by atoms with Crippen LogP contribution in [0, 0.1) is 11.8 Å². The normalized spacial score (nSPS) is 27.4. The van der Waals surface area contributed by atoms with Crippen molar-refractivity contribution in [2.24, 2.45) is 11.8 Å². The second kappa shape index (κ2) is 7.64. The number of amides is 2. The number of carboxylic acid groups (broad SMARTS) is 1. The largest absolute Gasteiger partial charge is 0.481 e. The summed E-state index contributed by atoms with van der Waals surface area (Å²) in [5.41, 5.74) is 0. The van der Waals surface area contributed by atoms with Crippen LogP contribution >= 0.6 is 0 Å². The molecule has 2 N–H and O–H groups in total. The highest BCUT2D eigenvalue weighted by atomic mass is 16.5. The third-order valence-electron chi connectivity index (χ3n) is 4.80. The van der Waals surface area contributed by atoms with Gasteiger partial charge in [0.1, 0.15) is 0 Å². The lowest BCUT2D eigenvalue weighted by Gasteiger charge is -2.33.